The van der Waals surface area contributed by atoms with Crippen molar-refractivity contribution >= 4 is 28.3 Å². The average molecular weight is 390 g/mol. The zero-order valence-electron chi connectivity index (χ0n) is 11.9. The summed E-state index contributed by atoms with van der Waals surface area (Å²) in [5.74, 6) is 1.44. The number of hydrogen-bond donors (Lipinski definition) is 0. The van der Waals surface area contributed by atoms with Crippen LogP contribution in [0.25, 0.3) is 22.8 Å². The first-order valence-corrected chi connectivity index (χ1v) is 7.71. The Bertz CT molecular complexity index is 730. The molecule has 106 valence electrons. The first-order chi connectivity index (χ1) is 10.1. The van der Waals surface area contributed by atoms with Gasteiger partial charge in [-0.15, -0.1) is 0 Å². The summed E-state index contributed by atoms with van der Waals surface area (Å²) in [6.07, 6.45) is 1.78. The molecule has 3 rings (SSSR count). The zero-order valence-corrected chi connectivity index (χ0v) is 14.0. The maximum Gasteiger partial charge on any atom is 0.226 e. The molecule has 21 heavy (non-hydrogen) atoms. The van der Waals surface area contributed by atoms with Gasteiger partial charge in [-0.05, 0) is 71.1 Å². The highest BCUT2D eigenvalue weighted by atomic mass is 127. The lowest BCUT2D eigenvalue weighted by atomic mass is 10.1. The van der Waals surface area contributed by atoms with Gasteiger partial charge in [-0.25, -0.2) is 4.98 Å². The minimum atomic E-state index is 0.651. The molecule has 4 heteroatoms. The lowest BCUT2D eigenvalue weighted by Gasteiger charge is -2.11. The molecule has 0 aliphatic carbocycles. The van der Waals surface area contributed by atoms with E-state index in [1.54, 1.807) is 6.20 Å². The van der Waals surface area contributed by atoms with Gasteiger partial charge in [-0.2, -0.15) is 0 Å². The van der Waals surface area contributed by atoms with Crippen molar-refractivity contribution in [3.8, 4) is 22.8 Å². The van der Waals surface area contributed by atoms with E-state index in [4.69, 9.17) is 4.42 Å². The molecular weight excluding hydrogens is 375 g/mol. The van der Waals surface area contributed by atoms with Crippen LogP contribution in [0, 0.1) is 3.57 Å². The normalized spacial score (nSPS) is 10.6. The molecule has 0 amide bonds. The van der Waals surface area contributed by atoms with Crippen molar-refractivity contribution in [1.29, 1.82) is 0 Å². The van der Waals surface area contributed by atoms with Crippen LogP contribution in [-0.2, 0) is 0 Å². The molecule has 0 atom stereocenters. The number of anilines is 1. The quantitative estimate of drug-likeness (QED) is 0.609. The van der Waals surface area contributed by atoms with Crippen LogP contribution in [0.1, 0.15) is 0 Å². The van der Waals surface area contributed by atoms with E-state index >= 15 is 0 Å². The third-order valence-electron chi connectivity index (χ3n) is 3.27. The second-order valence-corrected chi connectivity index (χ2v) is 6.22. The number of hydrogen-bond acceptors (Lipinski definition) is 3. The van der Waals surface area contributed by atoms with E-state index in [1.807, 2.05) is 50.5 Å². The monoisotopic (exact) mass is 390 g/mol. The molecule has 0 saturated carbocycles. The standard InChI is InChI=1S/C17H15IN2O/c1-20(2)15-9-5-12(6-10-15)16-11-19-17(21-16)13-3-7-14(18)8-4-13/h3-11H,1-2H3. The van der Waals surface area contributed by atoms with Gasteiger partial charge in [0.15, 0.2) is 5.76 Å². The second kappa shape index (κ2) is 5.89. The van der Waals surface area contributed by atoms with Gasteiger partial charge >= 0.3 is 0 Å². The predicted molar refractivity (Wildman–Crippen MR) is 94.4 cm³/mol. The number of halogens is 1. The third-order valence-corrected chi connectivity index (χ3v) is 3.98. The van der Waals surface area contributed by atoms with E-state index in [9.17, 15) is 0 Å². The number of oxazole rings is 1. The van der Waals surface area contributed by atoms with Crippen LogP contribution in [-0.4, -0.2) is 19.1 Å². The van der Waals surface area contributed by atoms with Crippen LogP contribution in [0.2, 0.25) is 0 Å². The van der Waals surface area contributed by atoms with E-state index in [0.717, 1.165) is 22.6 Å². The molecule has 0 N–H and O–H groups in total. The molecule has 0 bridgehead atoms. The number of benzene rings is 2. The molecule has 0 aliphatic heterocycles. The first kappa shape index (κ1) is 14.1. The highest BCUT2D eigenvalue weighted by molar-refractivity contribution is 14.1. The van der Waals surface area contributed by atoms with Gasteiger partial charge < -0.3 is 9.32 Å². The molecule has 3 nitrogen and oxygen atoms in total. The fourth-order valence-electron chi connectivity index (χ4n) is 2.06. The highest BCUT2D eigenvalue weighted by Crippen LogP contribution is 2.27. The van der Waals surface area contributed by atoms with Gasteiger partial charge in [0.05, 0.1) is 6.20 Å². The Morgan fingerprint density at radius 3 is 2.14 bits per heavy atom. The van der Waals surface area contributed by atoms with Crippen molar-refractivity contribution in [3.05, 3.63) is 58.3 Å². The third kappa shape index (κ3) is 3.10. The van der Waals surface area contributed by atoms with Crippen LogP contribution < -0.4 is 4.90 Å². The summed E-state index contributed by atoms with van der Waals surface area (Å²) in [7, 11) is 4.05. The maximum absolute atomic E-state index is 5.87. The minimum absolute atomic E-state index is 0.651. The van der Waals surface area contributed by atoms with E-state index in [0.29, 0.717) is 5.89 Å². The molecule has 0 fully saturated rings. The largest absolute Gasteiger partial charge is 0.436 e. The summed E-state index contributed by atoms with van der Waals surface area (Å²) < 4.78 is 7.07. The van der Waals surface area contributed by atoms with Crippen LogP contribution >= 0.6 is 22.6 Å². The number of rotatable bonds is 3. The molecule has 2 aromatic carbocycles. The summed E-state index contributed by atoms with van der Waals surface area (Å²) >= 11 is 2.28. The Labute approximate surface area is 137 Å². The molecule has 1 heterocycles. The molecule has 0 radical (unpaired) electrons. The van der Waals surface area contributed by atoms with Crippen LogP contribution in [0.15, 0.2) is 59.1 Å². The smallest absolute Gasteiger partial charge is 0.226 e. The van der Waals surface area contributed by atoms with Crippen molar-refractivity contribution < 1.29 is 4.42 Å². The van der Waals surface area contributed by atoms with Crippen molar-refractivity contribution in [2.45, 2.75) is 0 Å². The van der Waals surface area contributed by atoms with Crippen LogP contribution in [0.5, 0.6) is 0 Å². The van der Waals surface area contributed by atoms with Gasteiger partial charge in [0.2, 0.25) is 5.89 Å². The summed E-state index contributed by atoms with van der Waals surface area (Å²) in [6.45, 7) is 0. The Morgan fingerprint density at radius 1 is 0.905 bits per heavy atom. The minimum Gasteiger partial charge on any atom is -0.436 e. The summed E-state index contributed by atoms with van der Waals surface area (Å²) in [5, 5.41) is 0. The summed E-state index contributed by atoms with van der Waals surface area (Å²) in [6, 6.07) is 16.4. The fourth-order valence-corrected chi connectivity index (χ4v) is 2.42. The van der Waals surface area contributed by atoms with Gasteiger partial charge in [0, 0.05) is 34.5 Å². The van der Waals surface area contributed by atoms with E-state index in [1.165, 1.54) is 3.57 Å². The van der Waals surface area contributed by atoms with Crippen molar-refractivity contribution in [2.24, 2.45) is 0 Å². The number of aromatic nitrogens is 1. The van der Waals surface area contributed by atoms with Gasteiger partial charge in [0.1, 0.15) is 0 Å². The van der Waals surface area contributed by atoms with Crippen molar-refractivity contribution in [1.82, 2.24) is 4.98 Å². The molecule has 0 saturated heterocycles. The Morgan fingerprint density at radius 2 is 1.52 bits per heavy atom. The van der Waals surface area contributed by atoms with Gasteiger partial charge in [-0.3, -0.25) is 0 Å². The molecule has 0 aliphatic rings. The molecule has 3 aromatic rings. The molecular formula is C17H15IN2O. The SMILES string of the molecule is CN(C)c1ccc(-c2cnc(-c3ccc(I)cc3)o2)cc1. The Kier molecular flexibility index (Phi) is 3.96. The molecule has 1 aromatic heterocycles. The first-order valence-electron chi connectivity index (χ1n) is 6.63. The predicted octanol–water partition coefficient (Wildman–Crippen LogP) is 4.68. The summed E-state index contributed by atoms with van der Waals surface area (Å²) in [4.78, 5) is 6.44. The van der Waals surface area contributed by atoms with Crippen molar-refractivity contribution in [2.75, 3.05) is 19.0 Å². The van der Waals surface area contributed by atoms with Crippen LogP contribution in [0.3, 0.4) is 0 Å². The fraction of sp³-hybridized carbons (Fsp3) is 0.118. The summed E-state index contributed by atoms with van der Waals surface area (Å²) in [5.41, 5.74) is 3.19. The Balaban J connectivity index is 1.89. The van der Waals surface area contributed by atoms with Gasteiger partial charge in [-0.1, -0.05) is 0 Å². The molecule has 0 spiro atoms. The zero-order chi connectivity index (χ0) is 14.8. The molecule has 0 unspecified atom stereocenters. The average Bonchev–Trinajstić information content (AvgIpc) is 2.98. The van der Waals surface area contributed by atoms with Crippen molar-refractivity contribution in [3.63, 3.8) is 0 Å². The second-order valence-electron chi connectivity index (χ2n) is 4.98. The lowest BCUT2D eigenvalue weighted by molar-refractivity contribution is 0.589. The maximum atomic E-state index is 5.87. The highest BCUT2D eigenvalue weighted by Gasteiger charge is 2.08. The lowest BCUT2D eigenvalue weighted by Crippen LogP contribution is -2.07. The van der Waals surface area contributed by atoms with E-state index in [2.05, 4.69) is 44.6 Å². The topological polar surface area (TPSA) is 29.3 Å². The Hall–Kier alpha value is -1.82. The number of nitrogens with zero attached hydrogens (tertiary/aromatic N) is 2. The van der Waals surface area contributed by atoms with Crippen LogP contribution in [0.4, 0.5) is 5.69 Å². The van der Waals surface area contributed by atoms with E-state index < -0.39 is 0 Å². The van der Waals surface area contributed by atoms with Gasteiger partial charge in [0.25, 0.3) is 0 Å². The van der Waals surface area contributed by atoms with E-state index in [-0.39, 0.29) is 0 Å².